The summed E-state index contributed by atoms with van der Waals surface area (Å²) in [5, 5.41) is 1.39. The van der Waals surface area contributed by atoms with E-state index in [9.17, 15) is 13.2 Å². The van der Waals surface area contributed by atoms with Crippen LogP contribution in [-0.2, 0) is 14.9 Å². The van der Waals surface area contributed by atoms with Gasteiger partial charge >= 0.3 is 10.1 Å². The molecule has 3 aromatic carbocycles. The van der Waals surface area contributed by atoms with Crippen LogP contribution in [-0.4, -0.2) is 50.6 Å². The zero-order valence-corrected chi connectivity index (χ0v) is 22.4. The minimum absolute atomic E-state index is 0.0569. The largest absolute Gasteiger partial charge is 0.378 e. The highest BCUT2D eigenvalue weighted by Gasteiger charge is 2.29. The number of hydrogen-bond donors (Lipinski definition) is 0. The van der Waals surface area contributed by atoms with E-state index in [1.807, 2.05) is 19.1 Å². The fourth-order valence-electron chi connectivity index (χ4n) is 4.04. The molecule has 7 nitrogen and oxygen atoms in total. The Hall–Kier alpha value is -3.27. The number of thioether (sulfide) groups is 1. The van der Waals surface area contributed by atoms with E-state index in [1.54, 1.807) is 48.5 Å². The Bertz CT molecular complexity index is 1500. The number of amides is 1. The van der Waals surface area contributed by atoms with E-state index in [2.05, 4.69) is 20.9 Å². The zero-order chi connectivity index (χ0) is 26.0. The summed E-state index contributed by atoms with van der Waals surface area (Å²) in [6, 6.07) is 20.7. The predicted molar refractivity (Wildman–Crippen MR) is 149 cm³/mol. The van der Waals surface area contributed by atoms with Gasteiger partial charge in [-0.3, -0.25) is 4.79 Å². The number of carbonyl (C=O) groups excluding carboxylic acids is 1. The van der Waals surface area contributed by atoms with Crippen molar-refractivity contribution in [1.82, 2.24) is 4.90 Å². The molecule has 37 heavy (non-hydrogen) atoms. The molecule has 1 saturated heterocycles. The van der Waals surface area contributed by atoms with Crippen LogP contribution in [0.3, 0.4) is 0 Å². The Morgan fingerprint density at radius 1 is 0.946 bits per heavy atom. The monoisotopic (exact) mass is 553 g/mol. The van der Waals surface area contributed by atoms with Crippen molar-refractivity contribution < 1.29 is 17.4 Å². The maximum Gasteiger partial charge on any atom is 0.339 e. The lowest BCUT2D eigenvalue weighted by molar-refractivity contribution is -0.113. The van der Waals surface area contributed by atoms with Gasteiger partial charge < -0.3 is 14.0 Å². The minimum atomic E-state index is -4.02. The van der Waals surface area contributed by atoms with E-state index in [0.717, 1.165) is 29.4 Å². The minimum Gasteiger partial charge on any atom is -0.378 e. The average molecular weight is 554 g/mol. The van der Waals surface area contributed by atoms with Crippen molar-refractivity contribution in [3.8, 4) is 5.75 Å². The molecule has 10 heteroatoms. The average Bonchev–Trinajstić information content (AvgIpc) is 3.27. The zero-order valence-electron chi connectivity index (χ0n) is 20.0. The molecule has 0 N–H and O–H groups in total. The lowest BCUT2D eigenvalue weighted by atomic mass is 10.2. The van der Waals surface area contributed by atoms with Crippen molar-refractivity contribution in [2.45, 2.75) is 11.8 Å². The van der Waals surface area contributed by atoms with Crippen molar-refractivity contribution in [3.63, 3.8) is 0 Å². The van der Waals surface area contributed by atoms with Crippen LogP contribution >= 0.6 is 23.4 Å². The number of nitrogens with zero attached hydrogens (tertiary/aromatic N) is 3. The van der Waals surface area contributed by atoms with Gasteiger partial charge in [-0.25, -0.2) is 0 Å². The molecule has 190 valence electrons. The number of aryl methyl sites for hydroxylation is 1. The number of piperazine rings is 1. The van der Waals surface area contributed by atoms with E-state index < -0.39 is 10.1 Å². The molecule has 0 bridgehead atoms. The van der Waals surface area contributed by atoms with Gasteiger partial charge in [0.05, 0.1) is 4.91 Å². The molecular formula is C27H24ClN3O4S2. The van der Waals surface area contributed by atoms with E-state index in [0.29, 0.717) is 28.7 Å². The Balaban J connectivity index is 1.27. The van der Waals surface area contributed by atoms with Crippen LogP contribution in [0.1, 0.15) is 11.1 Å². The van der Waals surface area contributed by atoms with E-state index >= 15 is 0 Å². The van der Waals surface area contributed by atoms with Gasteiger partial charge in [0.2, 0.25) is 0 Å². The van der Waals surface area contributed by atoms with Crippen molar-refractivity contribution in [1.29, 1.82) is 0 Å². The molecule has 0 spiro atoms. The van der Waals surface area contributed by atoms with Crippen LogP contribution in [0, 0.1) is 6.92 Å². The molecule has 0 aliphatic carbocycles. The third-order valence-electron chi connectivity index (χ3n) is 6.12. The highest BCUT2D eigenvalue weighted by molar-refractivity contribution is 8.18. The number of benzene rings is 3. The van der Waals surface area contributed by atoms with E-state index in [1.165, 1.54) is 23.9 Å². The number of anilines is 1. The Morgan fingerprint density at radius 3 is 2.35 bits per heavy atom. The number of halogens is 1. The van der Waals surface area contributed by atoms with Crippen LogP contribution in [0.2, 0.25) is 5.02 Å². The molecule has 1 amide bonds. The van der Waals surface area contributed by atoms with Crippen molar-refractivity contribution in [2.24, 2.45) is 4.99 Å². The van der Waals surface area contributed by atoms with Gasteiger partial charge in [-0.2, -0.15) is 13.4 Å². The van der Waals surface area contributed by atoms with Crippen LogP contribution in [0.15, 0.2) is 87.6 Å². The molecule has 2 aliphatic rings. The number of aliphatic imine (C=N–C) groups is 1. The maximum atomic E-state index is 12.7. The summed E-state index contributed by atoms with van der Waals surface area (Å²) >= 11 is 7.58. The first kappa shape index (κ1) is 25.4. The summed E-state index contributed by atoms with van der Waals surface area (Å²) in [5.41, 5.74) is 2.61. The first-order chi connectivity index (χ1) is 17.8. The van der Waals surface area contributed by atoms with Gasteiger partial charge in [0, 0.05) is 42.5 Å². The summed E-state index contributed by atoms with van der Waals surface area (Å²) in [4.78, 5) is 21.8. The van der Waals surface area contributed by atoms with Gasteiger partial charge in [0.1, 0.15) is 10.6 Å². The predicted octanol–water partition coefficient (Wildman–Crippen LogP) is 5.21. The maximum absolute atomic E-state index is 12.7. The normalized spacial score (nSPS) is 17.3. The molecular weight excluding hydrogens is 530 g/mol. The van der Waals surface area contributed by atoms with Gasteiger partial charge in [-0.15, -0.1) is 0 Å². The smallest absolute Gasteiger partial charge is 0.339 e. The second-order valence-corrected chi connectivity index (χ2v) is 11.6. The van der Waals surface area contributed by atoms with Gasteiger partial charge in [-0.1, -0.05) is 54.1 Å². The molecule has 0 atom stereocenters. The third-order valence-corrected chi connectivity index (χ3v) is 8.82. The standard InChI is InChI=1S/C27H24ClN3O4S2/c1-19-11-12-21(18-23(19)28)30-13-15-31(16-14-30)27-29-26(32)25(36-27)17-20-7-5-6-10-24(20)35-37(33,34)22-8-3-2-4-9-22/h2-12,17-18H,13-16H2,1H3/b25-17+. The topological polar surface area (TPSA) is 79.3 Å². The summed E-state index contributed by atoms with van der Waals surface area (Å²) in [7, 11) is -4.02. The molecule has 5 rings (SSSR count). The van der Waals surface area contributed by atoms with Crippen LogP contribution in [0.25, 0.3) is 6.08 Å². The van der Waals surface area contributed by atoms with Crippen LogP contribution in [0.4, 0.5) is 5.69 Å². The molecule has 0 saturated carbocycles. The quantitative estimate of drug-likeness (QED) is 0.317. The lowest BCUT2D eigenvalue weighted by Gasteiger charge is -2.36. The first-order valence-electron chi connectivity index (χ1n) is 11.7. The van der Waals surface area contributed by atoms with E-state index in [-0.39, 0.29) is 16.6 Å². The SMILES string of the molecule is Cc1ccc(N2CCN(C3=NC(=O)/C(=C\c4ccccc4OS(=O)(=O)c4ccccc4)S3)CC2)cc1Cl. The Kier molecular flexibility index (Phi) is 7.28. The summed E-state index contributed by atoms with van der Waals surface area (Å²) < 4.78 is 30.9. The molecule has 3 aromatic rings. The number of carbonyl (C=O) groups is 1. The molecule has 0 radical (unpaired) electrons. The molecule has 2 aliphatic heterocycles. The second-order valence-electron chi connectivity index (χ2n) is 8.61. The highest BCUT2D eigenvalue weighted by Crippen LogP contribution is 2.34. The van der Waals surface area contributed by atoms with Gasteiger partial charge in [-0.05, 0) is 60.7 Å². The van der Waals surface area contributed by atoms with Gasteiger partial charge in [0.25, 0.3) is 5.91 Å². The third kappa shape index (κ3) is 5.69. The number of hydrogen-bond acceptors (Lipinski definition) is 7. The second kappa shape index (κ2) is 10.6. The fourth-order valence-corrected chi connectivity index (χ4v) is 6.14. The number of para-hydroxylation sites is 1. The van der Waals surface area contributed by atoms with Crippen molar-refractivity contribution in [2.75, 3.05) is 31.1 Å². The van der Waals surface area contributed by atoms with Crippen molar-refractivity contribution >= 4 is 56.3 Å². The molecule has 0 unspecified atom stereocenters. The fraction of sp³-hybridized carbons (Fsp3) is 0.185. The number of amidine groups is 1. The first-order valence-corrected chi connectivity index (χ1v) is 14.3. The van der Waals surface area contributed by atoms with Crippen molar-refractivity contribution in [3.05, 3.63) is 93.9 Å². The summed E-state index contributed by atoms with van der Waals surface area (Å²) in [6.07, 6.45) is 1.63. The lowest BCUT2D eigenvalue weighted by Crippen LogP contribution is -2.47. The summed E-state index contributed by atoms with van der Waals surface area (Å²) in [5.74, 6) is -0.209. The highest BCUT2D eigenvalue weighted by atomic mass is 35.5. The van der Waals surface area contributed by atoms with Crippen LogP contribution in [0.5, 0.6) is 5.75 Å². The van der Waals surface area contributed by atoms with Gasteiger partial charge in [0.15, 0.2) is 5.17 Å². The van der Waals surface area contributed by atoms with Crippen LogP contribution < -0.4 is 9.08 Å². The molecule has 0 aromatic heterocycles. The molecule has 1 fully saturated rings. The molecule has 2 heterocycles. The Labute approximate surface area is 225 Å². The Morgan fingerprint density at radius 2 is 1.62 bits per heavy atom. The number of rotatable bonds is 5. The summed E-state index contributed by atoms with van der Waals surface area (Å²) in [6.45, 7) is 4.97. The van der Waals surface area contributed by atoms with E-state index in [4.69, 9.17) is 15.8 Å².